The van der Waals surface area contributed by atoms with Crippen molar-refractivity contribution in [2.45, 2.75) is 44.4 Å². The number of rotatable bonds is 3. The van der Waals surface area contributed by atoms with Crippen LogP contribution in [0.2, 0.25) is 0 Å². The molecule has 0 spiro atoms. The van der Waals surface area contributed by atoms with Crippen LogP contribution in [0.25, 0.3) is 0 Å². The third-order valence-corrected chi connectivity index (χ3v) is 4.00. The Hall–Kier alpha value is 0.270. The fourth-order valence-electron chi connectivity index (χ4n) is 1.63. The molecule has 0 bridgehead atoms. The molecule has 0 saturated carbocycles. The molecule has 1 unspecified atom stereocenters. The highest BCUT2D eigenvalue weighted by atomic mass is 32.2. The molecule has 3 heteroatoms. The van der Waals surface area contributed by atoms with Crippen LogP contribution < -0.4 is 5.73 Å². The molecule has 14 heavy (non-hydrogen) atoms. The van der Waals surface area contributed by atoms with Gasteiger partial charge in [-0.15, -0.1) is 0 Å². The van der Waals surface area contributed by atoms with Crippen molar-refractivity contribution in [3.63, 3.8) is 0 Å². The van der Waals surface area contributed by atoms with Crippen molar-refractivity contribution in [3.8, 4) is 0 Å². The molecule has 1 atom stereocenters. The molecule has 1 heterocycles. The van der Waals surface area contributed by atoms with Gasteiger partial charge in [-0.2, -0.15) is 11.8 Å². The van der Waals surface area contributed by atoms with Gasteiger partial charge in [0, 0.05) is 29.8 Å². The number of hydrogen-bond acceptors (Lipinski definition) is 3. The summed E-state index contributed by atoms with van der Waals surface area (Å²) in [6, 6.07) is 0.350. The SMILES string of the molecule is CC(C)(C)SCC(N)C1CCOCC1. The second kappa shape index (κ2) is 5.38. The van der Waals surface area contributed by atoms with Crippen LogP contribution in [0.5, 0.6) is 0 Å². The number of hydrogen-bond donors (Lipinski definition) is 1. The highest BCUT2D eigenvalue weighted by molar-refractivity contribution is 8.00. The quantitative estimate of drug-likeness (QED) is 0.787. The highest BCUT2D eigenvalue weighted by Crippen LogP contribution is 2.27. The maximum Gasteiger partial charge on any atom is 0.0469 e. The van der Waals surface area contributed by atoms with Crippen LogP contribution in [-0.4, -0.2) is 29.8 Å². The minimum absolute atomic E-state index is 0.336. The van der Waals surface area contributed by atoms with Crippen LogP contribution in [0.1, 0.15) is 33.6 Å². The Morgan fingerprint density at radius 2 is 1.93 bits per heavy atom. The van der Waals surface area contributed by atoms with Crippen LogP contribution in [0.15, 0.2) is 0 Å². The minimum atomic E-state index is 0.336. The van der Waals surface area contributed by atoms with Crippen LogP contribution in [0.4, 0.5) is 0 Å². The third-order valence-electron chi connectivity index (χ3n) is 2.58. The van der Waals surface area contributed by atoms with E-state index in [0.29, 0.717) is 16.7 Å². The fraction of sp³-hybridized carbons (Fsp3) is 1.00. The average Bonchev–Trinajstić information content (AvgIpc) is 2.14. The number of thioether (sulfide) groups is 1. The topological polar surface area (TPSA) is 35.2 Å². The molecule has 0 aliphatic carbocycles. The molecular formula is C11H23NOS. The van der Waals surface area contributed by atoms with Crippen molar-refractivity contribution in [1.29, 1.82) is 0 Å². The van der Waals surface area contributed by atoms with E-state index in [9.17, 15) is 0 Å². The lowest BCUT2D eigenvalue weighted by Gasteiger charge is -2.29. The zero-order chi connectivity index (χ0) is 10.6. The summed E-state index contributed by atoms with van der Waals surface area (Å²) < 4.78 is 5.67. The summed E-state index contributed by atoms with van der Waals surface area (Å²) in [6.45, 7) is 8.54. The predicted molar refractivity (Wildman–Crippen MR) is 63.7 cm³/mol. The van der Waals surface area contributed by atoms with E-state index >= 15 is 0 Å². The summed E-state index contributed by atoms with van der Waals surface area (Å²) in [4.78, 5) is 0. The maximum atomic E-state index is 6.18. The van der Waals surface area contributed by atoms with Crippen molar-refractivity contribution in [2.75, 3.05) is 19.0 Å². The van der Waals surface area contributed by atoms with Gasteiger partial charge in [0.25, 0.3) is 0 Å². The second-order valence-corrected chi connectivity index (χ2v) is 6.88. The highest BCUT2D eigenvalue weighted by Gasteiger charge is 2.22. The average molecular weight is 217 g/mol. The molecule has 1 aliphatic rings. The van der Waals surface area contributed by atoms with E-state index in [-0.39, 0.29) is 0 Å². The fourth-order valence-corrected chi connectivity index (χ4v) is 2.59. The van der Waals surface area contributed by atoms with Gasteiger partial charge in [0.2, 0.25) is 0 Å². The van der Waals surface area contributed by atoms with Gasteiger partial charge >= 0.3 is 0 Å². The van der Waals surface area contributed by atoms with Gasteiger partial charge in [0.05, 0.1) is 0 Å². The summed E-state index contributed by atoms with van der Waals surface area (Å²) in [5, 5.41) is 0. The van der Waals surface area contributed by atoms with Crippen molar-refractivity contribution >= 4 is 11.8 Å². The Labute approximate surface area is 92.0 Å². The standard InChI is InChI=1S/C11H23NOS/c1-11(2,3)14-8-10(12)9-4-6-13-7-5-9/h9-10H,4-8,12H2,1-3H3. The first kappa shape index (κ1) is 12.3. The Morgan fingerprint density at radius 3 is 2.43 bits per heavy atom. The van der Waals surface area contributed by atoms with Gasteiger partial charge < -0.3 is 10.5 Å². The summed E-state index contributed by atoms with van der Waals surface area (Å²) in [6.07, 6.45) is 2.29. The van der Waals surface area contributed by atoms with E-state index in [1.807, 2.05) is 11.8 Å². The second-order valence-electron chi connectivity index (χ2n) is 5.04. The molecule has 1 aliphatic heterocycles. The maximum absolute atomic E-state index is 6.18. The molecule has 84 valence electrons. The zero-order valence-corrected chi connectivity index (χ0v) is 10.4. The van der Waals surface area contributed by atoms with Crippen molar-refractivity contribution in [1.82, 2.24) is 0 Å². The Bertz CT molecular complexity index is 161. The Balaban J connectivity index is 2.23. The predicted octanol–water partition coefficient (Wildman–Crippen LogP) is 2.27. The van der Waals surface area contributed by atoms with E-state index < -0.39 is 0 Å². The smallest absolute Gasteiger partial charge is 0.0469 e. The van der Waals surface area contributed by atoms with Gasteiger partial charge in [-0.1, -0.05) is 20.8 Å². The van der Waals surface area contributed by atoms with Crippen molar-refractivity contribution in [2.24, 2.45) is 11.7 Å². The summed E-state index contributed by atoms with van der Waals surface area (Å²) in [7, 11) is 0. The summed E-state index contributed by atoms with van der Waals surface area (Å²) in [5.41, 5.74) is 6.18. The molecule has 1 fully saturated rings. The molecule has 1 rings (SSSR count). The first-order valence-electron chi connectivity index (χ1n) is 5.46. The monoisotopic (exact) mass is 217 g/mol. The molecule has 0 aromatic heterocycles. The van der Waals surface area contributed by atoms with Crippen molar-refractivity contribution in [3.05, 3.63) is 0 Å². The molecule has 0 aromatic carbocycles. The van der Waals surface area contributed by atoms with Crippen LogP contribution in [-0.2, 0) is 4.74 Å². The van der Waals surface area contributed by atoms with E-state index in [2.05, 4.69) is 20.8 Å². The number of nitrogens with two attached hydrogens (primary N) is 1. The molecular weight excluding hydrogens is 194 g/mol. The lowest BCUT2D eigenvalue weighted by molar-refractivity contribution is 0.0607. The molecule has 0 radical (unpaired) electrons. The summed E-state index contributed by atoms with van der Waals surface area (Å²) >= 11 is 1.97. The Kier molecular flexibility index (Phi) is 4.74. The van der Waals surface area contributed by atoms with E-state index in [1.165, 1.54) is 0 Å². The van der Waals surface area contributed by atoms with E-state index in [1.54, 1.807) is 0 Å². The Morgan fingerprint density at radius 1 is 1.36 bits per heavy atom. The largest absolute Gasteiger partial charge is 0.381 e. The zero-order valence-electron chi connectivity index (χ0n) is 9.58. The third kappa shape index (κ3) is 4.67. The number of ether oxygens (including phenoxy) is 1. The van der Waals surface area contributed by atoms with Crippen LogP contribution in [0.3, 0.4) is 0 Å². The van der Waals surface area contributed by atoms with Crippen molar-refractivity contribution < 1.29 is 4.74 Å². The van der Waals surface area contributed by atoms with Gasteiger partial charge in [0.15, 0.2) is 0 Å². The van der Waals surface area contributed by atoms with Crippen LogP contribution in [0, 0.1) is 5.92 Å². The van der Waals surface area contributed by atoms with Crippen LogP contribution >= 0.6 is 11.8 Å². The van der Waals surface area contributed by atoms with Gasteiger partial charge in [-0.25, -0.2) is 0 Å². The molecule has 2 nitrogen and oxygen atoms in total. The van der Waals surface area contributed by atoms with Gasteiger partial charge in [-0.05, 0) is 18.8 Å². The first-order chi connectivity index (χ1) is 6.49. The minimum Gasteiger partial charge on any atom is -0.381 e. The molecule has 0 amide bonds. The summed E-state index contributed by atoms with van der Waals surface area (Å²) in [5.74, 6) is 1.76. The van der Waals surface area contributed by atoms with E-state index in [4.69, 9.17) is 10.5 Å². The van der Waals surface area contributed by atoms with Gasteiger partial charge in [-0.3, -0.25) is 0 Å². The normalized spacial score (nSPS) is 22.3. The lowest BCUT2D eigenvalue weighted by Crippen LogP contribution is -2.37. The molecule has 2 N–H and O–H groups in total. The molecule has 1 saturated heterocycles. The molecule has 0 aromatic rings. The van der Waals surface area contributed by atoms with Gasteiger partial charge in [0.1, 0.15) is 0 Å². The van der Waals surface area contributed by atoms with E-state index in [0.717, 1.165) is 31.8 Å². The first-order valence-corrected chi connectivity index (χ1v) is 6.45. The lowest BCUT2D eigenvalue weighted by atomic mass is 9.94.